The van der Waals surface area contributed by atoms with Gasteiger partial charge in [-0.25, -0.2) is 18.1 Å². The Hall–Kier alpha value is -3.72. The van der Waals surface area contributed by atoms with Crippen LogP contribution in [0, 0.1) is 20.8 Å². The molecule has 0 atom stereocenters. The Balaban J connectivity index is 1.44. The number of hydrogen-bond acceptors (Lipinski definition) is 6. The zero-order valence-electron chi connectivity index (χ0n) is 20.5. The third-order valence-corrected chi connectivity index (χ3v) is 8.12. The second-order valence-electron chi connectivity index (χ2n) is 9.19. The molecule has 0 fully saturated rings. The Morgan fingerprint density at radius 2 is 1.72 bits per heavy atom. The molecule has 0 saturated heterocycles. The van der Waals surface area contributed by atoms with Crippen molar-refractivity contribution in [3.8, 4) is 11.1 Å². The number of ketones is 1. The molecule has 0 saturated carbocycles. The van der Waals surface area contributed by atoms with Crippen LogP contribution in [-0.2, 0) is 23.0 Å². The summed E-state index contributed by atoms with van der Waals surface area (Å²) in [5, 5.41) is 3.83. The van der Waals surface area contributed by atoms with E-state index in [1.165, 1.54) is 0 Å². The molecule has 2 aromatic heterocycles. The molecular weight excluding hydrogens is 476 g/mol. The molecule has 0 radical (unpaired) electrons. The van der Waals surface area contributed by atoms with E-state index in [0.717, 1.165) is 47.6 Å². The summed E-state index contributed by atoms with van der Waals surface area (Å²) in [5.74, 6) is 1.10. The maximum atomic E-state index is 13.2. The fourth-order valence-electron chi connectivity index (χ4n) is 4.60. The Morgan fingerprint density at radius 3 is 2.44 bits per heavy atom. The molecule has 5 rings (SSSR count). The molecule has 186 valence electrons. The zero-order chi connectivity index (χ0) is 25.4. The first-order valence-electron chi connectivity index (χ1n) is 12.0. The monoisotopic (exact) mass is 504 g/mol. The van der Waals surface area contributed by atoms with Crippen LogP contribution in [0.5, 0.6) is 0 Å². The first kappa shape index (κ1) is 24.0. The number of nitrogens with zero attached hydrogens (tertiary/aromatic N) is 3. The predicted octanol–water partition coefficient (Wildman–Crippen LogP) is 5.22. The van der Waals surface area contributed by atoms with Crippen LogP contribution in [0.2, 0.25) is 0 Å². The van der Waals surface area contributed by atoms with Gasteiger partial charge in [-0.1, -0.05) is 47.6 Å². The molecular formula is C27H28N4O4S. The molecule has 8 nitrogen and oxygen atoms in total. The van der Waals surface area contributed by atoms with E-state index >= 15 is 0 Å². The van der Waals surface area contributed by atoms with Crippen LogP contribution in [0.25, 0.3) is 11.1 Å². The average molecular weight is 505 g/mol. The lowest BCUT2D eigenvalue weighted by Gasteiger charge is -2.13. The number of rotatable bonds is 6. The summed E-state index contributed by atoms with van der Waals surface area (Å²) in [7, 11) is -3.91. The summed E-state index contributed by atoms with van der Waals surface area (Å²) < 4.78 is 36.1. The number of aromatic nitrogens is 3. The third kappa shape index (κ3) is 4.46. The lowest BCUT2D eigenvalue weighted by molar-refractivity contribution is 0.0973. The van der Waals surface area contributed by atoms with E-state index in [2.05, 4.69) is 14.9 Å². The maximum Gasteiger partial charge on any atom is 0.264 e. The zero-order valence-corrected chi connectivity index (χ0v) is 21.4. The van der Waals surface area contributed by atoms with Crippen molar-refractivity contribution in [1.82, 2.24) is 14.7 Å². The Morgan fingerprint density at radius 1 is 1.00 bits per heavy atom. The number of Topliss-reactive ketones (excluding diaryl/α,β-unsaturated/α-hetero) is 1. The number of anilines is 1. The number of carbonyl (C=O) groups is 1. The Labute approximate surface area is 210 Å². The van der Waals surface area contributed by atoms with Crippen LogP contribution in [0.3, 0.4) is 0 Å². The Bertz CT molecular complexity index is 1550. The average Bonchev–Trinajstić information content (AvgIpc) is 3.27. The molecule has 1 aliphatic carbocycles. The highest BCUT2D eigenvalue weighted by Gasteiger charge is 2.24. The third-order valence-electron chi connectivity index (χ3n) is 6.73. The van der Waals surface area contributed by atoms with Crippen molar-refractivity contribution in [2.24, 2.45) is 0 Å². The topological polar surface area (TPSA) is 107 Å². The number of imidazole rings is 1. The predicted molar refractivity (Wildman–Crippen MR) is 137 cm³/mol. The lowest BCUT2D eigenvalue weighted by atomic mass is 10.0. The summed E-state index contributed by atoms with van der Waals surface area (Å²) >= 11 is 0. The molecule has 0 aliphatic heterocycles. The van der Waals surface area contributed by atoms with Crippen molar-refractivity contribution in [3.05, 3.63) is 82.6 Å². The van der Waals surface area contributed by atoms with Gasteiger partial charge in [0.15, 0.2) is 5.78 Å². The summed E-state index contributed by atoms with van der Waals surface area (Å²) in [6.45, 7) is 5.97. The van der Waals surface area contributed by atoms with Gasteiger partial charge in [-0.05, 0) is 57.2 Å². The summed E-state index contributed by atoms with van der Waals surface area (Å²) in [6.07, 6.45) is 3.27. The minimum absolute atomic E-state index is 0.113. The van der Waals surface area contributed by atoms with Gasteiger partial charge in [-0.2, -0.15) is 0 Å². The van der Waals surface area contributed by atoms with Crippen LogP contribution < -0.4 is 4.72 Å². The van der Waals surface area contributed by atoms with E-state index in [-0.39, 0.29) is 16.6 Å². The lowest BCUT2D eigenvalue weighted by Crippen LogP contribution is -2.14. The quantitative estimate of drug-likeness (QED) is 0.361. The van der Waals surface area contributed by atoms with Crippen LogP contribution in [-0.4, -0.2) is 28.9 Å². The highest BCUT2D eigenvalue weighted by atomic mass is 32.2. The first-order chi connectivity index (χ1) is 17.2. The Kier molecular flexibility index (Phi) is 6.26. The molecule has 1 aliphatic rings. The van der Waals surface area contributed by atoms with Crippen molar-refractivity contribution < 1.29 is 17.7 Å². The number of fused-ring (bicyclic) bond motifs is 1. The molecule has 0 amide bonds. The first-order valence-corrected chi connectivity index (χ1v) is 13.5. The van der Waals surface area contributed by atoms with Crippen LogP contribution in [0.15, 0.2) is 57.9 Å². The van der Waals surface area contributed by atoms with Gasteiger partial charge >= 0.3 is 0 Å². The molecule has 0 spiro atoms. The summed E-state index contributed by atoms with van der Waals surface area (Å²) in [5.41, 5.74) is 5.25. The fraction of sp³-hybridized carbons (Fsp3) is 0.296. The van der Waals surface area contributed by atoms with Crippen molar-refractivity contribution in [1.29, 1.82) is 0 Å². The number of benzene rings is 2. The second-order valence-corrected chi connectivity index (χ2v) is 10.8. The van der Waals surface area contributed by atoms with Gasteiger partial charge in [0, 0.05) is 24.1 Å². The largest absolute Gasteiger partial charge is 0.337 e. The molecule has 9 heteroatoms. The number of nitrogens with one attached hydrogen (secondary N) is 1. The van der Waals surface area contributed by atoms with E-state index < -0.39 is 10.0 Å². The van der Waals surface area contributed by atoms with Crippen molar-refractivity contribution in [2.45, 2.75) is 57.9 Å². The fourth-order valence-corrected chi connectivity index (χ4v) is 5.88. The van der Waals surface area contributed by atoms with Crippen LogP contribution in [0.1, 0.15) is 58.1 Å². The number of aryl methyl sites for hydroxylation is 3. The molecule has 0 unspecified atom stereocenters. The summed E-state index contributed by atoms with van der Waals surface area (Å²) in [4.78, 5) is 17.5. The van der Waals surface area contributed by atoms with Gasteiger partial charge in [0.2, 0.25) is 5.88 Å². The van der Waals surface area contributed by atoms with Gasteiger partial charge in [0.25, 0.3) is 10.0 Å². The standard InChI is InChI=1S/C27H28N4O4S/c1-17-18(2)29-35-27(17)30-36(33,34)25-11-7-4-8-22(25)21-14-12-20(13-15-21)16-31-19(3)28-23-9-5-6-10-24(32)26(23)31/h4,7-8,11-15,30H,5-6,9-10,16H2,1-3H3. The number of carbonyl (C=O) groups excluding carboxylic acids is 1. The van der Waals surface area contributed by atoms with E-state index in [0.29, 0.717) is 29.8 Å². The molecule has 0 bridgehead atoms. The van der Waals surface area contributed by atoms with Crippen LogP contribution in [0.4, 0.5) is 5.88 Å². The number of sulfonamides is 1. The normalized spacial score (nSPS) is 13.9. The van der Waals surface area contributed by atoms with Crippen molar-refractivity contribution in [2.75, 3.05) is 4.72 Å². The van der Waals surface area contributed by atoms with Gasteiger partial charge in [-0.3, -0.25) is 4.79 Å². The van der Waals surface area contributed by atoms with E-state index in [4.69, 9.17) is 4.52 Å². The molecule has 2 heterocycles. The van der Waals surface area contributed by atoms with Gasteiger partial charge < -0.3 is 9.09 Å². The molecule has 36 heavy (non-hydrogen) atoms. The van der Waals surface area contributed by atoms with Crippen LogP contribution >= 0.6 is 0 Å². The summed E-state index contributed by atoms with van der Waals surface area (Å²) in [6, 6.07) is 14.6. The molecule has 2 aromatic carbocycles. The van der Waals surface area contributed by atoms with Gasteiger partial charge in [0.05, 0.1) is 16.3 Å². The molecule has 4 aromatic rings. The van der Waals surface area contributed by atoms with E-state index in [1.54, 1.807) is 32.0 Å². The smallest absolute Gasteiger partial charge is 0.264 e. The number of hydrogen-bond donors (Lipinski definition) is 1. The van der Waals surface area contributed by atoms with Crippen molar-refractivity contribution >= 4 is 21.7 Å². The van der Waals surface area contributed by atoms with Gasteiger partial charge in [-0.15, -0.1) is 0 Å². The second kappa shape index (κ2) is 9.39. The highest BCUT2D eigenvalue weighted by molar-refractivity contribution is 7.92. The van der Waals surface area contributed by atoms with E-state index in [9.17, 15) is 13.2 Å². The SMILES string of the molecule is Cc1noc(NS(=O)(=O)c2ccccc2-c2ccc(Cn3c(C)nc4c3C(=O)CCCC4)cc2)c1C. The van der Waals surface area contributed by atoms with Crippen molar-refractivity contribution in [3.63, 3.8) is 0 Å². The maximum absolute atomic E-state index is 13.2. The minimum Gasteiger partial charge on any atom is -0.337 e. The van der Waals surface area contributed by atoms with Gasteiger partial charge in [0.1, 0.15) is 11.5 Å². The highest BCUT2D eigenvalue weighted by Crippen LogP contribution is 2.30. The molecule has 1 N–H and O–H groups in total. The minimum atomic E-state index is -3.91. The van der Waals surface area contributed by atoms with E-state index in [1.807, 2.05) is 41.8 Å².